The second-order valence-corrected chi connectivity index (χ2v) is 5.58. The second-order valence-electron chi connectivity index (χ2n) is 5.58. The van der Waals surface area contributed by atoms with Gasteiger partial charge in [-0.3, -0.25) is 9.59 Å². The number of carbonyl (C=O) groups is 3. The highest BCUT2D eigenvalue weighted by molar-refractivity contribution is 5.83. The average Bonchev–Trinajstić information content (AvgIpc) is 3.14. The third kappa shape index (κ3) is 3.84. The van der Waals surface area contributed by atoms with Gasteiger partial charge in [0.25, 0.3) is 0 Å². The third-order valence-electron chi connectivity index (χ3n) is 3.43. The maximum Gasteiger partial charge on any atom is 0.314 e. The van der Waals surface area contributed by atoms with E-state index in [9.17, 15) is 14.4 Å². The fourth-order valence-corrected chi connectivity index (χ4v) is 1.65. The van der Waals surface area contributed by atoms with Gasteiger partial charge in [-0.25, -0.2) is 4.79 Å². The van der Waals surface area contributed by atoms with Crippen molar-refractivity contribution in [2.75, 3.05) is 20.1 Å². The van der Waals surface area contributed by atoms with Crippen molar-refractivity contribution >= 4 is 17.9 Å². The normalized spacial score (nSPS) is 16.4. The zero-order valence-corrected chi connectivity index (χ0v) is 11.5. The molecule has 0 aromatic heterocycles. The number of rotatable bonds is 6. The minimum absolute atomic E-state index is 0.120. The number of hydrogen-bond acceptors (Lipinski definition) is 3. The van der Waals surface area contributed by atoms with Crippen LogP contribution < -0.4 is 16.0 Å². The first-order valence-corrected chi connectivity index (χ1v) is 6.21. The number of hydrogen-bond donors (Lipinski definition) is 4. The van der Waals surface area contributed by atoms with Gasteiger partial charge >= 0.3 is 12.0 Å². The predicted molar refractivity (Wildman–Crippen MR) is 68.6 cm³/mol. The Morgan fingerprint density at radius 3 is 2.21 bits per heavy atom. The second kappa shape index (κ2) is 5.46. The van der Waals surface area contributed by atoms with Crippen molar-refractivity contribution in [2.45, 2.75) is 26.7 Å². The lowest BCUT2D eigenvalue weighted by molar-refractivity contribution is -0.143. The minimum Gasteiger partial charge on any atom is -0.481 e. The smallest absolute Gasteiger partial charge is 0.314 e. The molecule has 0 radical (unpaired) electrons. The minimum atomic E-state index is -0.876. The third-order valence-corrected chi connectivity index (χ3v) is 3.43. The largest absolute Gasteiger partial charge is 0.481 e. The Morgan fingerprint density at radius 1 is 1.21 bits per heavy atom. The van der Waals surface area contributed by atoms with Crippen LogP contribution in [0.4, 0.5) is 4.79 Å². The van der Waals surface area contributed by atoms with Gasteiger partial charge < -0.3 is 21.1 Å². The van der Waals surface area contributed by atoms with Gasteiger partial charge in [0, 0.05) is 20.1 Å². The van der Waals surface area contributed by atoms with Crippen LogP contribution in [0.2, 0.25) is 0 Å². The summed E-state index contributed by atoms with van der Waals surface area (Å²) in [6, 6.07) is -0.454. The highest BCUT2D eigenvalue weighted by Crippen LogP contribution is 2.45. The van der Waals surface area contributed by atoms with Gasteiger partial charge in [0.15, 0.2) is 0 Å². The van der Waals surface area contributed by atoms with E-state index < -0.39 is 22.8 Å². The van der Waals surface area contributed by atoms with Crippen molar-refractivity contribution in [1.29, 1.82) is 0 Å². The van der Waals surface area contributed by atoms with E-state index >= 15 is 0 Å². The molecule has 7 heteroatoms. The van der Waals surface area contributed by atoms with Crippen molar-refractivity contribution in [3.63, 3.8) is 0 Å². The SMILES string of the molecule is CNC(=O)C(C)(C)CNC(=O)NCC1(C(=O)O)CC1. The molecule has 0 aromatic rings. The first-order valence-electron chi connectivity index (χ1n) is 6.21. The molecule has 0 saturated heterocycles. The first-order chi connectivity index (χ1) is 8.73. The number of aliphatic carboxylic acids is 1. The summed E-state index contributed by atoms with van der Waals surface area (Å²) in [7, 11) is 1.54. The van der Waals surface area contributed by atoms with E-state index in [4.69, 9.17) is 5.11 Å². The summed E-state index contributed by atoms with van der Waals surface area (Å²) in [4.78, 5) is 34.0. The molecule has 19 heavy (non-hydrogen) atoms. The summed E-state index contributed by atoms with van der Waals surface area (Å²) >= 11 is 0. The Labute approximate surface area is 112 Å². The zero-order chi connectivity index (χ0) is 14.7. The van der Waals surface area contributed by atoms with Crippen molar-refractivity contribution in [3.8, 4) is 0 Å². The summed E-state index contributed by atoms with van der Waals surface area (Å²) in [6.45, 7) is 3.73. The van der Waals surface area contributed by atoms with E-state index in [0.29, 0.717) is 12.8 Å². The fourth-order valence-electron chi connectivity index (χ4n) is 1.65. The Balaban J connectivity index is 2.33. The van der Waals surface area contributed by atoms with Crippen molar-refractivity contribution in [3.05, 3.63) is 0 Å². The van der Waals surface area contributed by atoms with Gasteiger partial charge in [0.2, 0.25) is 5.91 Å². The van der Waals surface area contributed by atoms with E-state index in [-0.39, 0.29) is 19.0 Å². The molecule has 1 aliphatic carbocycles. The number of nitrogens with one attached hydrogen (secondary N) is 3. The Bertz CT molecular complexity index is 388. The van der Waals surface area contributed by atoms with Crippen molar-refractivity contribution in [1.82, 2.24) is 16.0 Å². The van der Waals surface area contributed by atoms with Crippen LogP contribution in [0.3, 0.4) is 0 Å². The van der Waals surface area contributed by atoms with E-state index in [2.05, 4.69) is 16.0 Å². The van der Waals surface area contributed by atoms with E-state index in [1.165, 1.54) is 7.05 Å². The predicted octanol–water partition coefficient (Wildman–Crippen LogP) is -0.0774. The number of carbonyl (C=O) groups excluding carboxylic acids is 2. The Hall–Kier alpha value is -1.79. The number of carboxylic acid groups (broad SMARTS) is 1. The molecular formula is C12H21N3O4. The van der Waals surface area contributed by atoms with E-state index in [1.807, 2.05) is 0 Å². The summed E-state index contributed by atoms with van der Waals surface area (Å²) < 4.78 is 0. The van der Waals surface area contributed by atoms with Crippen LogP contribution in [0.5, 0.6) is 0 Å². The topological polar surface area (TPSA) is 108 Å². The molecule has 7 nitrogen and oxygen atoms in total. The van der Waals surface area contributed by atoms with Crippen LogP contribution in [-0.4, -0.2) is 43.2 Å². The van der Waals surface area contributed by atoms with Gasteiger partial charge in [-0.05, 0) is 26.7 Å². The molecule has 0 aromatic carbocycles. The lowest BCUT2D eigenvalue weighted by Crippen LogP contribution is -2.47. The Kier molecular flexibility index (Phi) is 4.39. The zero-order valence-electron chi connectivity index (χ0n) is 11.5. The lowest BCUT2D eigenvalue weighted by Gasteiger charge is -2.23. The standard InChI is InChI=1S/C12H21N3O4/c1-11(2,8(16)13-3)6-14-10(19)15-7-12(4-5-12)9(17)18/h4-7H2,1-3H3,(H,13,16)(H,17,18)(H2,14,15,19). The van der Waals surface area contributed by atoms with Crippen LogP contribution in [-0.2, 0) is 9.59 Å². The highest BCUT2D eigenvalue weighted by atomic mass is 16.4. The summed E-state index contributed by atoms with van der Waals surface area (Å²) in [5, 5.41) is 16.6. The molecule has 1 saturated carbocycles. The molecule has 0 heterocycles. The summed E-state index contributed by atoms with van der Waals surface area (Å²) in [5.41, 5.74) is -1.50. The van der Waals surface area contributed by atoms with Gasteiger partial charge in [-0.2, -0.15) is 0 Å². The molecule has 1 rings (SSSR count). The van der Waals surface area contributed by atoms with Crippen LogP contribution >= 0.6 is 0 Å². The molecule has 0 atom stereocenters. The fraction of sp³-hybridized carbons (Fsp3) is 0.750. The molecule has 0 aliphatic heterocycles. The maximum atomic E-state index is 11.6. The van der Waals surface area contributed by atoms with E-state index in [0.717, 1.165) is 0 Å². The average molecular weight is 271 g/mol. The van der Waals surface area contributed by atoms with Gasteiger partial charge in [0.05, 0.1) is 10.8 Å². The van der Waals surface area contributed by atoms with Gasteiger partial charge in [-0.15, -0.1) is 0 Å². The lowest BCUT2D eigenvalue weighted by atomic mass is 9.92. The number of carboxylic acids is 1. The molecule has 1 fully saturated rings. The molecule has 1 aliphatic rings. The molecule has 3 amide bonds. The molecule has 4 N–H and O–H groups in total. The quantitative estimate of drug-likeness (QED) is 0.542. The summed E-state index contributed by atoms with van der Waals surface area (Å²) in [6.07, 6.45) is 1.18. The molecule has 108 valence electrons. The molecular weight excluding hydrogens is 250 g/mol. The summed E-state index contributed by atoms with van der Waals surface area (Å²) in [5.74, 6) is -1.05. The van der Waals surface area contributed by atoms with Gasteiger partial charge in [-0.1, -0.05) is 0 Å². The monoisotopic (exact) mass is 271 g/mol. The molecule has 0 spiro atoms. The molecule has 0 unspecified atom stereocenters. The maximum absolute atomic E-state index is 11.6. The van der Waals surface area contributed by atoms with Crippen LogP contribution in [0.1, 0.15) is 26.7 Å². The van der Waals surface area contributed by atoms with Crippen LogP contribution in [0, 0.1) is 10.8 Å². The Morgan fingerprint density at radius 2 is 1.79 bits per heavy atom. The van der Waals surface area contributed by atoms with E-state index in [1.54, 1.807) is 13.8 Å². The first kappa shape index (κ1) is 15.3. The van der Waals surface area contributed by atoms with Crippen molar-refractivity contribution < 1.29 is 19.5 Å². The van der Waals surface area contributed by atoms with Crippen LogP contribution in [0.15, 0.2) is 0 Å². The highest BCUT2D eigenvalue weighted by Gasteiger charge is 2.50. The number of amides is 3. The molecule has 0 bridgehead atoms. The van der Waals surface area contributed by atoms with Crippen LogP contribution in [0.25, 0.3) is 0 Å². The van der Waals surface area contributed by atoms with Crippen molar-refractivity contribution in [2.24, 2.45) is 10.8 Å². The van der Waals surface area contributed by atoms with Gasteiger partial charge in [0.1, 0.15) is 0 Å². The number of urea groups is 1.